The summed E-state index contributed by atoms with van der Waals surface area (Å²) >= 11 is 0. The smallest absolute Gasteiger partial charge is 0.264 e. The van der Waals surface area contributed by atoms with E-state index in [-0.39, 0.29) is 10.8 Å². The lowest BCUT2D eigenvalue weighted by Crippen LogP contribution is -2.17. The fourth-order valence-corrected chi connectivity index (χ4v) is 3.19. The fraction of sp³-hybridized carbons (Fsp3) is 0.333. The Bertz CT molecular complexity index is 737. The van der Waals surface area contributed by atoms with E-state index in [1.54, 1.807) is 40.1 Å². The van der Waals surface area contributed by atoms with E-state index in [0.29, 0.717) is 11.3 Å². The number of anilines is 1. The monoisotopic (exact) mass is 296 g/mol. The molecule has 1 aromatic heterocycles. The topological polar surface area (TPSA) is 86.1 Å². The molecular weight excluding hydrogens is 280 g/mol. The molecule has 0 fully saturated rings. The van der Waals surface area contributed by atoms with Crippen molar-refractivity contribution in [2.45, 2.75) is 18.7 Å². The number of methoxy groups -OCH3 is 1. The highest BCUT2D eigenvalue weighted by molar-refractivity contribution is 7.92. The van der Waals surface area contributed by atoms with Gasteiger partial charge in [0.2, 0.25) is 5.95 Å². The number of sulfonamides is 1. The van der Waals surface area contributed by atoms with E-state index in [1.165, 1.54) is 11.0 Å². The van der Waals surface area contributed by atoms with Gasteiger partial charge in [-0.3, -0.25) is 0 Å². The molecule has 108 valence electrons. The predicted molar refractivity (Wildman–Crippen MR) is 74.3 cm³/mol. The molecule has 0 radical (unpaired) electrons. The molecule has 1 N–H and O–H groups in total. The molecule has 7 nitrogen and oxygen atoms in total. The summed E-state index contributed by atoms with van der Waals surface area (Å²) in [5.74, 6) is 0.818. The van der Waals surface area contributed by atoms with Crippen LogP contribution in [0, 0.1) is 13.8 Å². The summed E-state index contributed by atoms with van der Waals surface area (Å²) in [7, 11) is -0.555. The third-order valence-electron chi connectivity index (χ3n) is 2.92. The molecule has 0 bridgehead atoms. The molecule has 1 aromatic carbocycles. The van der Waals surface area contributed by atoms with Gasteiger partial charge in [0.1, 0.15) is 12.1 Å². The number of aromatic nitrogens is 3. The maximum absolute atomic E-state index is 12.4. The highest BCUT2D eigenvalue weighted by Gasteiger charge is 2.20. The van der Waals surface area contributed by atoms with Gasteiger partial charge in [0.15, 0.2) is 0 Å². The number of nitrogens with zero attached hydrogens (tertiary/aromatic N) is 3. The summed E-state index contributed by atoms with van der Waals surface area (Å²) in [6.07, 6.45) is 1.28. The van der Waals surface area contributed by atoms with Gasteiger partial charge in [0, 0.05) is 7.05 Å². The van der Waals surface area contributed by atoms with Crippen molar-refractivity contribution in [1.29, 1.82) is 0 Å². The van der Waals surface area contributed by atoms with Crippen molar-refractivity contribution in [2.24, 2.45) is 7.05 Å². The van der Waals surface area contributed by atoms with Crippen LogP contribution in [0.3, 0.4) is 0 Å². The first-order valence-corrected chi connectivity index (χ1v) is 7.35. The van der Waals surface area contributed by atoms with E-state index in [0.717, 1.165) is 5.56 Å². The molecule has 0 atom stereocenters. The van der Waals surface area contributed by atoms with Crippen LogP contribution in [0.25, 0.3) is 0 Å². The van der Waals surface area contributed by atoms with Crippen molar-refractivity contribution >= 4 is 16.0 Å². The summed E-state index contributed by atoms with van der Waals surface area (Å²) in [6.45, 7) is 3.51. The predicted octanol–water partition coefficient (Wildman–Crippen LogP) is 1.24. The van der Waals surface area contributed by atoms with Crippen LogP contribution < -0.4 is 9.46 Å². The molecule has 20 heavy (non-hydrogen) atoms. The first-order chi connectivity index (χ1) is 9.35. The Morgan fingerprint density at radius 2 is 1.95 bits per heavy atom. The second-order valence-electron chi connectivity index (χ2n) is 4.40. The van der Waals surface area contributed by atoms with Crippen LogP contribution in [0.2, 0.25) is 0 Å². The standard InChI is InChI=1S/C12H16N4O3S/c1-8-6-11(9(2)5-10(8)19-4)20(17,18)15-12-13-7-14-16(12)3/h5-7H,1-4H3,(H,13,14,15). The van der Waals surface area contributed by atoms with E-state index in [4.69, 9.17) is 4.74 Å². The van der Waals surface area contributed by atoms with E-state index in [1.807, 2.05) is 0 Å². The minimum Gasteiger partial charge on any atom is -0.496 e. The number of hydrogen-bond donors (Lipinski definition) is 1. The van der Waals surface area contributed by atoms with Gasteiger partial charge in [-0.05, 0) is 37.1 Å². The molecule has 2 aromatic rings. The Morgan fingerprint density at radius 3 is 2.50 bits per heavy atom. The van der Waals surface area contributed by atoms with Gasteiger partial charge in [-0.1, -0.05) is 0 Å². The van der Waals surface area contributed by atoms with Crippen molar-refractivity contribution in [3.63, 3.8) is 0 Å². The van der Waals surface area contributed by atoms with Crippen LogP contribution in [0.1, 0.15) is 11.1 Å². The van der Waals surface area contributed by atoms with Gasteiger partial charge in [-0.2, -0.15) is 10.1 Å². The molecule has 0 aliphatic rings. The maximum atomic E-state index is 12.4. The summed E-state index contributed by atoms with van der Waals surface area (Å²) < 4.78 is 33.7. The lowest BCUT2D eigenvalue weighted by atomic mass is 10.1. The van der Waals surface area contributed by atoms with E-state index >= 15 is 0 Å². The Morgan fingerprint density at radius 1 is 1.25 bits per heavy atom. The normalized spacial score (nSPS) is 11.4. The van der Waals surface area contributed by atoms with Gasteiger partial charge < -0.3 is 4.74 Å². The van der Waals surface area contributed by atoms with Crippen molar-refractivity contribution in [2.75, 3.05) is 11.8 Å². The average molecular weight is 296 g/mol. The Labute approximate surface area is 117 Å². The van der Waals surface area contributed by atoms with Crippen LogP contribution in [0.4, 0.5) is 5.95 Å². The summed E-state index contributed by atoms with van der Waals surface area (Å²) in [4.78, 5) is 4.04. The average Bonchev–Trinajstić information content (AvgIpc) is 2.76. The van der Waals surface area contributed by atoms with Crippen LogP contribution in [-0.4, -0.2) is 30.3 Å². The minimum atomic E-state index is -3.71. The lowest BCUT2D eigenvalue weighted by molar-refractivity contribution is 0.411. The zero-order chi connectivity index (χ0) is 14.9. The summed E-state index contributed by atoms with van der Waals surface area (Å²) in [6, 6.07) is 3.27. The van der Waals surface area contributed by atoms with Gasteiger partial charge in [0.05, 0.1) is 12.0 Å². The number of aryl methyl sites for hydroxylation is 3. The zero-order valence-corrected chi connectivity index (χ0v) is 12.5. The van der Waals surface area contributed by atoms with Gasteiger partial charge in [-0.25, -0.2) is 17.8 Å². The van der Waals surface area contributed by atoms with E-state index in [9.17, 15) is 8.42 Å². The zero-order valence-electron chi connectivity index (χ0n) is 11.7. The third-order valence-corrected chi connectivity index (χ3v) is 4.39. The molecule has 0 amide bonds. The van der Waals surface area contributed by atoms with Gasteiger partial charge >= 0.3 is 0 Å². The molecular formula is C12H16N4O3S. The van der Waals surface area contributed by atoms with Crippen LogP contribution in [0.15, 0.2) is 23.4 Å². The minimum absolute atomic E-state index is 0.165. The van der Waals surface area contributed by atoms with Crippen molar-refractivity contribution in [3.8, 4) is 5.75 Å². The first-order valence-electron chi connectivity index (χ1n) is 5.87. The van der Waals surface area contributed by atoms with Crippen molar-refractivity contribution in [3.05, 3.63) is 29.6 Å². The number of ether oxygens (including phenoxy) is 1. The number of nitrogens with one attached hydrogen (secondary N) is 1. The van der Waals surface area contributed by atoms with Crippen molar-refractivity contribution < 1.29 is 13.2 Å². The molecule has 0 saturated carbocycles. The summed E-state index contributed by atoms with van der Waals surface area (Å²) in [5.41, 5.74) is 1.35. The summed E-state index contributed by atoms with van der Waals surface area (Å²) in [5, 5.41) is 3.82. The SMILES string of the molecule is COc1cc(C)c(S(=O)(=O)Nc2ncnn2C)cc1C. The highest BCUT2D eigenvalue weighted by Crippen LogP contribution is 2.26. The molecule has 1 heterocycles. The highest BCUT2D eigenvalue weighted by atomic mass is 32.2. The molecule has 0 aliphatic heterocycles. The molecule has 0 spiro atoms. The van der Waals surface area contributed by atoms with E-state index in [2.05, 4.69) is 14.8 Å². The van der Waals surface area contributed by atoms with Crippen LogP contribution >= 0.6 is 0 Å². The molecule has 0 aliphatic carbocycles. The largest absolute Gasteiger partial charge is 0.496 e. The second-order valence-corrected chi connectivity index (χ2v) is 6.05. The number of benzene rings is 1. The first kappa shape index (κ1) is 14.3. The van der Waals surface area contributed by atoms with Crippen LogP contribution in [-0.2, 0) is 17.1 Å². The van der Waals surface area contributed by atoms with E-state index < -0.39 is 10.0 Å². The maximum Gasteiger partial charge on any atom is 0.264 e. The third kappa shape index (κ3) is 2.60. The van der Waals surface area contributed by atoms with Crippen molar-refractivity contribution in [1.82, 2.24) is 14.8 Å². The van der Waals surface area contributed by atoms with Crippen LogP contribution in [0.5, 0.6) is 5.75 Å². The number of rotatable bonds is 4. The Hall–Kier alpha value is -2.09. The Balaban J connectivity index is 2.45. The van der Waals surface area contributed by atoms with Gasteiger partial charge in [-0.15, -0.1) is 0 Å². The lowest BCUT2D eigenvalue weighted by Gasteiger charge is -2.12. The second kappa shape index (κ2) is 5.12. The molecule has 0 saturated heterocycles. The fourth-order valence-electron chi connectivity index (χ4n) is 1.84. The number of hydrogen-bond acceptors (Lipinski definition) is 5. The Kier molecular flexibility index (Phi) is 3.67. The molecule has 8 heteroatoms. The molecule has 2 rings (SSSR count). The molecule has 0 unspecified atom stereocenters. The van der Waals surface area contributed by atoms with Gasteiger partial charge in [0.25, 0.3) is 10.0 Å². The quantitative estimate of drug-likeness (QED) is 0.917.